The molecule has 0 saturated heterocycles. The van der Waals surface area contributed by atoms with Gasteiger partial charge in [-0.2, -0.15) is 0 Å². The number of aryl methyl sites for hydroxylation is 1. The summed E-state index contributed by atoms with van der Waals surface area (Å²) in [6.45, 7) is 4.62. The van der Waals surface area contributed by atoms with E-state index in [0.717, 1.165) is 24.7 Å². The zero-order chi connectivity index (χ0) is 17.6. The molecule has 0 radical (unpaired) electrons. The van der Waals surface area contributed by atoms with E-state index in [4.69, 9.17) is 0 Å². The van der Waals surface area contributed by atoms with Gasteiger partial charge < -0.3 is 5.32 Å². The highest BCUT2D eigenvalue weighted by molar-refractivity contribution is 7.92. The second-order valence-electron chi connectivity index (χ2n) is 5.73. The van der Waals surface area contributed by atoms with E-state index in [1.54, 1.807) is 19.1 Å². The summed E-state index contributed by atoms with van der Waals surface area (Å²) >= 11 is 0. The fourth-order valence-corrected chi connectivity index (χ4v) is 3.67. The topological polar surface area (TPSA) is 58.2 Å². The number of anilines is 2. The molecule has 0 amide bonds. The van der Waals surface area contributed by atoms with Crippen molar-refractivity contribution in [3.63, 3.8) is 0 Å². The van der Waals surface area contributed by atoms with E-state index in [1.807, 2.05) is 12.1 Å². The fraction of sp³-hybridized carbons (Fsp3) is 0.333. The van der Waals surface area contributed by atoms with E-state index in [2.05, 4.69) is 17.0 Å². The first-order chi connectivity index (χ1) is 11.4. The first-order valence-corrected chi connectivity index (χ1v) is 9.53. The third-order valence-corrected chi connectivity index (χ3v) is 5.21. The summed E-state index contributed by atoms with van der Waals surface area (Å²) in [6, 6.07) is 10.7. The third-order valence-electron chi connectivity index (χ3n) is 3.67. The van der Waals surface area contributed by atoms with Crippen LogP contribution in [0.2, 0.25) is 0 Å². The van der Waals surface area contributed by atoms with Gasteiger partial charge in [-0.3, -0.25) is 4.72 Å². The lowest BCUT2D eigenvalue weighted by molar-refractivity contribution is 0.598. The van der Waals surface area contributed by atoms with Crippen LogP contribution < -0.4 is 10.0 Å². The van der Waals surface area contributed by atoms with Gasteiger partial charge in [-0.15, -0.1) is 0 Å². The van der Waals surface area contributed by atoms with Gasteiger partial charge in [0.25, 0.3) is 10.0 Å². The molecule has 0 aromatic heterocycles. The number of unbranched alkanes of at least 4 members (excludes halogenated alkanes) is 2. The largest absolute Gasteiger partial charge is 0.385 e. The zero-order valence-corrected chi connectivity index (χ0v) is 14.8. The SMILES string of the molecule is CCCCCNc1ccc(NS(=O)(=O)c2ccc(F)cc2C)cc1. The van der Waals surface area contributed by atoms with Crippen molar-refractivity contribution in [2.75, 3.05) is 16.6 Å². The lowest BCUT2D eigenvalue weighted by atomic mass is 10.2. The maximum Gasteiger partial charge on any atom is 0.262 e. The Labute approximate surface area is 143 Å². The minimum absolute atomic E-state index is 0.0747. The quantitative estimate of drug-likeness (QED) is 0.687. The van der Waals surface area contributed by atoms with Crippen molar-refractivity contribution in [3.05, 3.63) is 53.8 Å². The summed E-state index contributed by atoms with van der Waals surface area (Å²) in [5.41, 5.74) is 1.79. The minimum atomic E-state index is -3.73. The van der Waals surface area contributed by atoms with Gasteiger partial charge in [0.15, 0.2) is 0 Å². The molecule has 0 aliphatic rings. The summed E-state index contributed by atoms with van der Waals surface area (Å²) in [7, 11) is -3.73. The molecule has 0 aliphatic carbocycles. The number of hydrogen-bond donors (Lipinski definition) is 2. The van der Waals surface area contributed by atoms with Crippen molar-refractivity contribution in [2.24, 2.45) is 0 Å². The van der Waals surface area contributed by atoms with Crippen LogP contribution in [0.25, 0.3) is 0 Å². The van der Waals surface area contributed by atoms with Crippen molar-refractivity contribution in [3.8, 4) is 0 Å². The van der Waals surface area contributed by atoms with E-state index in [-0.39, 0.29) is 4.90 Å². The standard InChI is InChI=1S/C18H23FN2O2S/c1-3-4-5-12-20-16-7-9-17(10-8-16)21-24(22,23)18-11-6-15(19)13-14(18)2/h6-11,13,20-21H,3-5,12H2,1-2H3. The molecule has 130 valence electrons. The van der Waals surface area contributed by atoms with Crippen LogP contribution in [0.5, 0.6) is 0 Å². The van der Waals surface area contributed by atoms with Crippen LogP contribution in [0.3, 0.4) is 0 Å². The minimum Gasteiger partial charge on any atom is -0.385 e. The van der Waals surface area contributed by atoms with E-state index >= 15 is 0 Å². The van der Waals surface area contributed by atoms with Gasteiger partial charge in [-0.05, 0) is 61.4 Å². The van der Waals surface area contributed by atoms with E-state index in [9.17, 15) is 12.8 Å². The van der Waals surface area contributed by atoms with Gasteiger partial charge in [0.05, 0.1) is 4.90 Å². The molecule has 0 heterocycles. The summed E-state index contributed by atoms with van der Waals surface area (Å²) in [5.74, 6) is -0.454. The molecule has 0 bridgehead atoms. The monoisotopic (exact) mass is 350 g/mol. The van der Waals surface area contributed by atoms with E-state index in [1.165, 1.54) is 25.0 Å². The highest BCUT2D eigenvalue weighted by atomic mass is 32.2. The summed E-state index contributed by atoms with van der Waals surface area (Å²) < 4.78 is 40.5. The smallest absolute Gasteiger partial charge is 0.262 e. The molecule has 24 heavy (non-hydrogen) atoms. The van der Waals surface area contributed by atoms with Gasteiger partial charge >= 0.3 is 0 Å². The van der Waals surface area contributed by atoms with Crippen molar-refractivity contribution < 1.29 is 12.8 Å². The molecular formula is C18H23FN2O2S. The summed E-state index contributed by atoms with van der Waals surface area (Å²) in [6.07, 6.45) is 3.46. The molecule has 0 atom stereocenters. The average molecular weight is 350 g/mol. The first-order valence-electron chi connectivity index (χ1n) is 8.05. The Bertz CT molecular complexity index is 774. The van der Waals surface area contributed by atoms with Crippen molar-refractivity contribution in [2.45, 2.75) is 38.0 Å². The second kappa shape index (κ2) is 8.15. The van der Waals surface area contributed by atoms with Crippen molar-refractivity contribution in [1.82, 2.24) is 0 Å². The molecular weight excluding hydrogens is 327 g/mol. The van der Waals surface area contributed by atoms with Gasteiger partial charge in [0.1, 0.15) is 5.82 Å². The van der Waals surface area contributed by atoms with Crippen LogP contribution in [-0.2, 0) is 10.0 Å². The predicted octanol–water partition coefficient (Wildman–Crippen LogP) is 4.54. The van der Waals surface area contributed by atoms with Crippen LogP contribution in [0.4, 0.5) is 15.8 Å². The van der Waals surface area contributed by atoms with Gasteiger partial charge in [0, 0.05) is 17.9 Å². The number of sulfonamides is 1. The molecule has 2 aromatic rings. The maximum absolute atomic E-state index is 13.1. The van der Waals surface area contributed by atoms with E-state index in [0.29, 0.717) is 11.3 Å². The highest BCUT2D eigenvalue weighted by Crippen LogP contribution is 2.21. The number of hydrogen-bond acceptors (Lipinski definition) is 3. The lowest BCUT2D eigenvalue weighted by Crippen LogP contribution is -2.14. The molecule has 0 unspecified atom stereocenters. The molecule has 2 N–H and O–H groups in total. The Morgan fingerprint density at radius 3 is 2.29 bits per heavy atom. The molecule has 2 rings (SSSR count). The lowest BCUT2D eigenvalue weighted by Gasteiger charge is -2.11. The molecule has 0 aliphatic heterocycles. The molecule has 4 nitrogen and oxygen atoms in total. The Morgan fingerprint density at radius 1 is 1.00 bits per heavy atom. The van der Waals surface area contributed by atoms with Crippen LogP contribution in [0.15, 0.2) is 47.4 Å². The first kappa shape index (κ1) is 18.3. The molecule has 2 aromatic carbocycles. The van der Waals surface area contributed by atoms with E-state index < -0.39 is 15.8 Å². The number of nitrogens with one attached hydrogen (secondary N) is 2. The van der Waals surface area contributed by atoms with Crippen molar-refractivity contribution in [1.29, 1.82) is 0 Å². The maximum atomic E-state index is 13.1. The molecule has 6 heteroatoms. The van der Waals surface area contributed by atoms with Crippen LogP contribution >= 0.6 is 0 Å². The highest BCUT2D eigenvalue weighted by Gasteiger charge is 2.17. The normalized spacial score (nSPS) is 11.3. The van der Waals surface area contributed by atoms with Gasteiger partial charge in [-0.1, -0.05) is 19.8 Å². The molecule has 0 fully saturated rings. The Hall–Kier alpha value is -2.08. The van der Waals surface area contributed by atoms with Crippen molar-refractivity contribution >= 4 is 21.4 Å². The third kappa shape index (κ3) is 4.96. The van der Waals surface area contributed by atoms with Gasteiger partial charge in [0.2, 0.25) is 0 Å². The Balaban J connectivity index is 2.04. The molecule has 0 saturated carbocycles. The second-order valence-corrected chi connectivity index (χ2v) is 7.38. The fourth-order valence-electron chi connectivity index (χ4n) is 2.39. The summed E-state index contributed by atoms with van der Waals surface area (Å²) in [5, 5.41) is 3.30. The summed E-state index contributed by atoms with van der Waals surface area (Å²) in [4.78, 5) is 0.0747. The number of halogens is 1. The van der Waals surface area contributed by atoms with Crippen LogP contribution in [-0.4, -0.2) is 15.0 Å². The predicted molar refractivity (Wildman–Crippen MR) is 96.4 cm³/mol. The zero-order valence-electron chi connectivity index (χ0n) is 14.0. The Kier molecular flexibility index (Phi) is 6.20. The number of rotatable bonds is 8. The van der Waals surface area contributed by atoms with Crippen LogP contribution in [0.1, 0.15) is 31.7 Å². The number of benzene rings is 2. The van der Waals surface area contributed by atoms with Crippen LogP contribution in [0, 0.1) is 12.7 Å². The van der Waals surface area contributed by atoms with Gasteiger partial charge in [-0.25, -0.2) is 12.8 Å². The molecule has 0 spiro atoms. The average Bonchev–Trinajstić information content (AvgIpc) is 2.52. The Morgan fingerprint density at radius 2 is 1.67 bits per heavy atom.